The van der Waals surface area contributed by atoms with Crippen LogP contribution in [-0.2, 0) is 17.7 Å². The summed E-state index contributed by atoms with van der Waals surface area (Å²) >= 11 is 0. The number of ether oxygens (including phenoxy) is 1. The number of carbonyl (C=O) groups is 1. The molecule has 1 amide bonds. The van der Waals surface area contributed by atoms with Gasteiger partial charge in [-0.05, 0) is 12.1 Å². The summed E-state index contributed by atoms with van der Waals surface area (Å²) in [5.41, 5.74) is 0.697. The number of methoxy groups -OCH3 is 1. The fourth-order valence-electron chi connectivity index (χ4n) is 1.83. The van der Waals surface area contributed by atoms with Crippen molar-refractivity contribution in [3.63, 3.8) is 0 Å². The molecule has 0 atom stereocenters. The first-order valence-corrected chi connectivity index (χ1v) is 6.74. The van der Waals surface area contributed by atoms with E-state index in [1.807, 2.05) is 10.6 Å². The van der Waals surface area contributed by atoms with Crippen LogP contribution in [0.2, 0.25) is 0 Å². The van der Waals surface area contributed by atoms with Gasteiger partial charge in [-0.1, -0.05) is 0 Å². The number of rotatable bonds is 7. The molecule has 0 radical (unpaired) electrons. The van der Waals surface area contributed by atoms with E-state index in [0.717, 1.165) is 5.82 Å². The van der Waals surface area contributed by atoms with E-state index in [1.165, 1.54) is 12.3 Å². The predicted octanol–water partition coefficient (Wildman–Crippen LogP) is 0.164. The van der Waals surface area contributed by atoms with Crippen LogP contribution < -0.4 is 5.32 Å². The summed E-state index contributed by atoms with van der Waals surface area (Å²) in [6.07, 6.45) is 3.59. The molecule has 0 saturated carbocycles. The molecule has 8 heteroatoms. The van der Waals surface area contributed by atoms with Gasteiger partial charge in [0.1, 0.15) is 23.9 Å². The van der Waals surface area contributed by atoms with Gasteiger partial charge in [-0.2, -0.15) is 5.26 Å². The van der Waals surface area contributed by atoms with Crippen LogP contribution in [0.3, 0.4) is 0 Å². The molecule has 114 valence electrons. The maximum atomic E-state index is 11.9. The second-order valence-corrected chi connectivity index (χ2v) is 4.48. The first-order valence-electron chi connectivity index (χ1n) is 6.74. The summed E-state index contributed by atoms with van der Waals surface area (Å²) in [7, 11) is 1.63. The summed E-state index contributed by atoms with van der Waals surface area (Å²) in [5.74, 6) is 0.551. The SMILES string of the molecule is COCCn1cnnc1CCNC(=O)c1ccc(C#N)nc1. The second-order valence-electron chi connectivity index (χ2n) is 4.48. The van der Waals surface area contributed by atoms with Gasteiger partial charge in [0.25, 0.3) is 5.91 Å². The van der Waals surface area contributed by atoms with Crippen LogP contribution in [0.1, 0.15) is 21.9 Å². The summed E-state index contributed by atoms with van der Waals surface area (Å²) in [4.78, 5) is 15.8. The van der Waals surface area contributed by atoms with Gasteiger partial charge in [0.15, 0.2) is 0 Å². The molecule has 0 bridgehead atoms. The molecule has 2 rings (SSSR count). The minimum atomic E-state index is -0.236. The predicted molar refractivity (Wildman–Crippen MR) is 76.9 cm³/mol. The van der Waals surface area contributed by atoms with E-state index >= 15 is 0 Å². The number of pyridine rings is 1. The van der Waals surface area contributed by atoms with Gasteiger partial charge in [-0.3, -0.25) is 4.79 Å². The maximum Gasteiger partial charge on any atom is 0.252 e. The van der Waals surface area contributed by atoms with Gasteiger partial charge in [0, 0.05) is 32.8 Å². The lowest BCUT2D eigenvalue weighted by atomic mass is 10.2. The number of nitriles is 1. The number of hydrogen-bond acceptors (Lipinski definition) is 6. The second kappa shape index (κ2) is 7.85. The van der Waals surface area contributed by atoms with Crippen molar-refractivity contribution in [3.8, 4) is 6.07 Å². The monoisotopic (exact) mass is 300 g/mol. The molecule has 2 aromatic rings. The highest BCUT2D eigenvalue weighted by molar-refractivity contribution is 5.93. The zero-order valence-electron chi connectivity index (χ0n) is 12.2. The molecule has 0 fully saturated rings. The van der Waals surface area contributed by atoms with Crippen molar-refractivity contribution in [2.24, 2.45) is 0 Å². The third-order valence-electron chi connectivity index (χ3n) is 3.01. The minimum absolute atomic E-state index is 0.236. The van der Waals surface area contributed by atoms with E-state index in [1.54, 1.807) is 19.5 Å². The Bertz CT molecular complexity index is 659. The van der Waals surface area contributed by atoms with Gasteiger partial charge in [0.05, 0.1) is 12.2 Å². The Morgan fingerprint density at radius 3 is 3.05 bits per heavy atom. The quantitative estimate of drug-likeness (QED) is 0.781. The Kier molecular flexibility index (Phi) is 5.57. The summed E-state index contributed by atoms with van der Waals surface area (Å²) in [6.45, 7) is 1.69. The smallest absolute Gasteiger partial charge is 0.252 e. The number of nitrogens with zero attached hydrogens (tertiary/aromatic N) is 5. The molecule has 0 saturated heterocycles. The summed E-state index contributed by atoms with van der Waals surface area (Å²) in [5, 5.41) is 19.3. The first kappa shape index (κ1) is 15.6. The van der Waals surface area contributed by atoms with Crippen LogP contribution in [0.25, 0.3) is 0 Å². The van der Waals surface area contributed by atoms with Crippen LogP contribution >= 0.6 is 0 Å². The van der Waals surface area contributed by atoms with Gasteiger partial charge in [-0.15, -0.1) is 10.2 Å². The Morgan fingerprint density at radius 2 is 2.36 bits per heavy atom. The van der Waals surface area contributed by atoms with Crippen molar-refractivity contribution in [2.45, 2.75) is 13.0 Å². The highest BCUT2D eigenvalue weighted by Crippen LogP contribution is 2.00. The molecule has 0 aromatic carbocycles. The molecule has 2 aromatic heterocycles. The topological polar surface area (TPSA) is 106 Å². The zero-order chi connectivity index (χ0) is 15.8. The third-order valence-corrected chi connectivity index (χ3v) is 3.01. The molecule has 0 unspecified atom stereocenters. The van der Waals surface area contributed by atoms with Crippen LogP contribution in [0.15, 0.2) is 24.7 Å². The van der Waals surface area contributed by atoms with Gasteiger partial charge in [0.2, 0.25) is 0 Å². The maximum absolute atomic E-state index is 11.9. The summed E-state index contributed by atoms with van der Waals surface area (Å²) < 4.78 is 6.90. The molecule has 0 aliphatic carbocycles. The van der Waals surface area contributed by atoms with Crippen molar-refractivity contribution in [1.29, 1.82) is 5.26 Å². The van der Waals surface area contributed by atoms with Gasteiger partial charge >= 0.3 is 0 Å². The van der Waals surface area contributed by atoms with Crippen molar-refractivity contribution < 1.29 is 9.53 Å². The van der Waals surface area contributed by atoms with E-state index in [9.17, 15) is 4.79 Å². The van der Waals surface area contributed by atoms with Gasteiger partial charge < -0.3 is 14.6 Å². The lowest BCUT2D eigenvalue weighted by Gasteiger charge is -2.07. The van der Waals surface area contributed by atoms with E-state index in [4.69, 9.17) is 10.00 Å². The number of hydrogen-bond donors (Lipinski definition) is 1. The molecule has 22 heavy (non-hydrogen) atoms. The average molecular weight is 300 g/mol. The lowest BCUT2D eigenvalue weighted by molar-refractivity contribution is 0.0953. The number of aromatic nitrogens is 4. The molecule has 0 aliphatic heterocycles. The van der Waals surface area contributed by atoms with E-state index in [2.05, 4.69) is 20.5 Å². The molecule has 8 nitrogen and oxygen atoms in total. The largest absolute Gasteiger partial charge is 0.383 e. The summed E-state index contributed by atoms with van der Waals surface area (Å²) in [6, 6.07) is 4.99. The van der Waals surface area contributed by atoms with Crippen LogP contribution in [0.4, 0.5) is 0 Å². The zero-order valence-corrected chi connectivity index (χ0v) is 12.2. The van der Waals surface area contributed by atoms with E-state index in [-0.39, 0.29) is 11.6 Å². The fraction of sp³-hybridized carbons (Fsp3) is 0.357. The Morgan fingerprint density at radius 1 is 1.50 bits per heavy atom. The van der Waals surface area contributed by atoms with Crippen LogP contribution in [0, 0.1) is 11.3 Å². The molecule has 0 spiro atoms. The van der Waals surface area contributed by atoms with Crippen molar-refractivity contribution in [1.82, 2.24) is 25.1 Å². The van der Waals surface area contributed by atoms with Crippen LogP contribution in [-0.4, -0.2) is 45.9 Å². The molecular formula is C14H16N6O2. The van der Waals surface area contributed by atoms with Crippen molar-refractivity contribution in [3.05, 3.63) is 41.7 Å². The number of nitrogens with one attached hydrogen (secondary N) is 1. The highest BCUT2D eigenvalue weighted by atomic mass is 16.5. The Hall–Kier alpha value is -2.79. The standard InChI is InChI=1S/C14H16N6O2/c1-22-7-6-20-10-18-19-13(20)4-5-16-14(21)11-2-3-12(8-15)17-9-11/h2-3,9-10H,4-7H2,1H3,(H,16,21). The van der Waals surface area contributed by atoms with E-state index in [0.29, 0.717) is 31.7 Å². The molecular weight excluding hydrogens is 284 g/mol. The Balaban J connectivity index is 1.84. The number of amides is 1. The molecule has 1 N–H and O–H groups in total. The fourth-order valence-corrected chi connectivity index (χ4v) is 1.83. The Labute approximate surface area is 127 Å². The van der Waals surface area contributed by atoms with Gasteiger partial charge in [-0.25, -0.2) is 4.98 Å². The highest BCUT2D eigenvalue weighted by Gasteiger charge is 2.08. The lowest BCUT2D eigenvalue weighted by Crippen LogP contribution is -2.26. The number of carbonyl (C=O) groups excluding carboxylic acids is 1. The molecule has 2 heterocycles. The van der Waals surface area contributed by atoms with Crippen LogP contribution in [0.5, 0.6) is 0 Å². The van der Waals surface area contributed by atoms with Crippen molar-refractivity contribution >= 4 is 5.91 Å². The average Bonchev–Trinajstić information content (AvgIpc) is 3.00. The molecule has 0 aliphatic rings. The normalized spacial score (nSPS) is 10.2. The van der Waals surface area contributed by atoms with E-state index < -0.39 is 0 Å². The third kappa shape index (κ3) is 4.10. The first-order chi connectivity index (χ1) is 10.7. The van der Waals surface area contributed by atoms with Crippen molar-refractivity contribution in [2.75, 3.05) is 20.3 Å². The minimum Gasteiger partial charge on any atom is -0.383 e.